The molecule has 0 bridgehead atoms. The number of nitrogens with one attached hydrogen (secondary N) is 2. The minimum Gasteiger partial charge on any atom is -0.477 e. The van der Waals surface area contributed by atoms with Crippen molar-refractivity contribution in [1.29, 1.82) is 0 Å². The zero-order valence-corrected chi connectivity index (χ0v) is 7.56. The number of aromatic carboxylic acids is 1. The van der Waals surface area contributed by atoms with Crippen molar-refractivity contribution in [3.05, 3.63) is 35.9 Å². The molecule has 0 atom stereocenters. The van der Waals surface area contributed by atoms with E-state index in [1.807, 2.05) is 13.0 Å². The van der Waals surface area contributed by atoms with E-state index in [2.05, 4.69) is 20.4 Å². The Bertz CT molecular complexity index is 366. The number of H-pyrrole nitrogens is 2. The summed E-state index contributed by atoms with van der Waals surface area (Å²) in [6.07, 6.45) is 3.12. The van der Waals surface area contributed by atoms with Crippen LogP contribution in [0.15, 0.2) is 24.5 Å². The monoisotopic (exact) mass is 194 g/mol. The Balaban J connectivity index is 0.000000146. The van der Waals surface area contributed by atoms with Crippen molar-refractivity contribution in [3.8, 4) is 0 Å². The maximum atomic E-state index is 9.99. The molecular formula is C8H10N4O2. The van der Waals surface area contributed by atoms with Crippen molar-refractivity contribution in [2.24, 2.45) is 0 Å². The van der Waals surface area contributed by atoms with Crippen LogP contribution in [0.4, 0.5) is 0 Å². The van der Waals surface area contributed by atoms with E-state index in [0.717, 1.165) is 5.69 Å². The van der Waals surface area contributed by atoms with Gasteiger partial charge in [0.25, 0.3) is 0 Å². The van der Waals surface area contributed by atoms with Crippen LogP contribution in [-0.4, -0.2) is 31.5 Å². The number of carboxylic acids is 1. The van der Waals surface area contributed by atoms with E-state index >= 15 is 0 Å². The molecule has 14 heavy (non-hydrogen) atoms. The fraction of sp³-hybridized carbons (Fsp3) is 0.125. The summed E-state index contributed by atoms with van der Waals surface area (Å²) in [4.78, 5) is 9.99. The maximum absolute atomic E-state index is 9.99. The van der Waals surface area contributed by atoms with Crippen LogP contribution in [0.1, 0.15) is 16.2 Å². The number of rotatable bonds is 1. The Kier molecular flexibility index (Phi) is 3.42. The van der Waals surface area contributed by atoms with Gasteiger partial charge in [-0.15, -0.1) is 0 Å². The maximum Gasteiger partial charge on any atom is 0.353 e. The molecule has 0 saturated heterocycles. The number of aryl methyl sites for hydroxylation is 1. The number of hydrogen-bond acceptors (Lipinski definition) is 3. The van der Waals surface area contributed by atoms with Crippen LogP contribution in [0.2, 0.25) is 0 Å². The smallest absolute Gasteiger partial charge is 0.353 e. The van der Waals surface area contributed by atoms with Crippen LogP contribution in [-0.2, 0) is 0 Å². The lowest BCUT2D eigenvalue weighted by Gasteiger charge is -1.79. The van der Waals surface area contributed by atoms with Gasteiger partial charge in [-0.2, -0.15) is 10.2 Å². The standard InChI is InChI=1S/C4H4N2O2.C4H6N2/c7-4(8)3-1-2-5-6-3;1-4-2-3-5-6-4/h1-2H,(H,5,6)(H,7,8);2-3H,1H3,(H,5,6). The van der Waals surface area contributed by atoms with Gasteiger partial charge in [0.1, 0.15) is 5.69 Å². The fourth-order valence-electron chi connectivity index (χ4n) is 0.700. The number of nitrogens with zero attached hydrogens (tertiary/aromatic N) is 2. The summed E-state index contributed by atoms with van der Waals surface area (Å²) in [5.74, 6) is -0.984. The van der Waals surface area contributed by atoms with Crippen molar-refractivity contribution in [3.63, 3.8) is 0 Å². The van der Waals surface area contributed by atoms with Crippen LogP contribution < -0.4 is 0 Å². The molecule has 0 spiro atoms. The Labute approximate surface area is 80.0 Å². The molecule has 0 aromatic carbocycles. The van der Waals surface area contributed by atoms with E-state index in [1.165, 1.54) is 12.3 Å². The number of aromatic amines is 2. The van der Waals surface area contributed by atoms with Gasteiger partial charge in [0.05, 0.1) is 0 Å². The summed E-state index contributed by atoms with van der Waals surface area (Å²) in [6.45, 7) is 1.97. The van der Waals surface area contributed by atoms with Gasteiger partial charge in [-0.25, -0.2) is 4.79 Å². The van der Waals surface area contributed by atoms with Gasteiger partial charge in [-0.05, 0) is 19.1 Å². The van der Waals surface area contributed by atoms with Crippen LogP contribution >= 0.6 is 0 Å². The van der Waals surface area contributed by atoms with E-state index in [0.29, 0.717) is 0 Å². The average Bonchev–Trinajstić information content (AvgIpc) is 2.75. The average molecular weight is 194 g/mol. The molecule has 2 aromatic rings. The number of hydrogen-bond donors (Lipinski definition) is 3. The van der Waals surface area contributed by atoms with Crippen LogP contribution in [0.5, 0.6) is 0 Å². The molecule has 2 aromatic heterocycles. The molecule has 74 valence electrons. The third-order valence-electron chi connectivity index (χ3n) is 1.37. The summed E-state index contributed by atoms with van der Waals surface area (Å²) in [6, 6.07) is 3.31. The molecule has 2 rings (SSSR count). The minimum atomic E-state index is -0.984. The van der Waals surface area contributed by atoms with Crippen LogP contribution in [0, 0.1) is 6.92 Å². The number of carbonyl (C=O) groups is 1. The first-order chi connectivity index (χ1) is 6.70. The Morgan fingerprint density at radius 3 is 2.14 bits per heavy atom. The molecule has 0 amide bonds. The van der Waals surface area contributed by atoms with Crippen molar-refractivity contribution < 1.29 is 9.90 Å². The molecule has 0 aliphatic carbocycles. The first kappa shape index (κ1) is 9.97. The van der Waals surface area contributed by atoms with E-state index in [-0.39, 0.29) is 5.69 Å². The van der Waals surface area contributed by atoms with Crippen molar-refractivity contribution in [2.75, 3.05) is 0 Å². The fourth-order valence-corrected chi connectivity index (χ4v) is 0.700. The lowest BCUT2D eigenvalue weighted by molar-refractivity contribution is 0.0690. The van der Waals surface area contributed by atoms with E-state index in [1.54, 1.807) is 6.20 Å². The first-order valence-electron chi connectivity index (χ1n) is 3.89. The molecule has 0 aliphatic rings. The largest absolute Gasteiger partial charge is 0.477 e. The molecule has 2 heterocycles. The predicted octanol–water partition coefficient (Wildman–Crippen LogP) is 0.826. The van der Waals surface area contributed by atoms with E-state index in [9.17, 15) is 4.79 Å². The summed E-state index contributed by atoms with van der Waals surface area (Å²) >= 11 is 0. The zero-order chi connectivity index (χ0) is 10.4. The van der Waals surface area contributed by atoms with Gasteiger partial charge >= 0.3 is 5.97 Å². The second kappa shape index (κ2) is 4.80. The molecule has 0 saturated carbocycles. The lowest BCUT2D eigenvalue weighted by atomic mass is 10.5. The van der Waals surface area contributed by atoms with Crippen LogP contribution in [0.3, 0.4) is 0 Å². The number of carboxylic acid groups (broad SMARTS) is 1. The third kappa shape index (κ3) is 3.10. The predicted molar refractivity (Wildman–Crippen MR) is 48.9 cm³/mol. The quantitative estimate of drug-likeness (QED) is 0.626. The molecule has 6 nitrogen and oxygen atoms in total. The second-order valence-corrected chi connectivity index (χ2v) is 2.52. The van der Waals surface area contributed by atoms with Crippen molar-refractivity contribution in [1.82, 2.24) is 20.4 Å². The molecule has 0 unspecified atom stereocenters. The Hall–Kier alpha value is -2.11. The summed E-state index contributed by atoms with van der Waals surface area (Å²) in [5, 5.41) is 20.4. The second-order valence-electron chi connectivity index (χ2n) is 2.52. The SMILES string of the molecule is Cc1ccn[nH]1.O=C(O)c1ccn[nH]1. The first-order valence-corrected chi connectivity index (χ1v) is 3.89. The highest BCUT2D eigenvalue weighted by Crippen LogP contribution is 1.87. The number of aromatic nitrogens is 4. The van der Waals surface area contributed by atoms with E-state index in [4.69, 9.17) is 5.11 Å². The molecule has 0 radical (unpaired) electrons. The van der Waals surface area contributed by atoms with Gasteiger partial charge in [-0.1, -0.05) is 0 Å². The van der Waals surface area contributed by atoms with Crippen molar-refractivity contribution in [2.45, 2.75) is 6.92 Å². The van der Waals surface area contributed by atoms with Gasteiger partial charge in [0.2, 0.25) is 0 Å². The molecule has 0 fully saturated rings. The molecule has 6 heteroatoms. The third-order valence-corrected chi connectivity index (χ3v) is 1.37. The van der Waals surface area contributed by atoms with Gasteiger partial charge < -0.3 is 5.11 Å². The minimum absolute atomic E-state index is 0.116. The highest BCUT2D eigenvalue weighted by molar-refractivity contribution is 5.84. The highest BCUT2D eigenvalue weighted by atomic mass is 16.4. The molecule has 0 aliphatic heterocycles. The van der Waals surface area contributed by atoms with Gasteiger partial charge in [0, 0.05) is 18.1 Å². The van der Waals surface area contributed by atoms with Gasteiger partial charge in [0.15, 0.2) is 0 Å². The van der Waals surface area contributed by atoms with E-state index < -0.39 is 5.97 Å². The normalized spacial score (nSPS) is 8.93. The molecule has 3 N–H and O–H groups in total. The lowest BCUT2D eigenvalue weighted by Crippen LogP contribution is -1.95. The Morgan fingerprint density at radius 1 is 1.29 bits per heavy atom. The highest BCUT2D eigenvalue weighted by Gasteiger charge is 1.99. The van der Waals surface area contributed by atoms with Crippen LogP contribution in [0.25, 0.3) is 0 Å². The zero-order valence-electron chi connectivity index (χ0n) is 7.56. The molecular weight excluding hydrogens is 184 g/mol. The van der Waals surface area contributed by atoms with Crippen molar-refractivity contribution >= 4 is 5.97 Å². The Morgan fingerprint density at radius 2 is 1.93 bits per heavy atom. The topological polar surface area (TPSA) is 94.7 Å². The summed E-state index contributed by atoms with van der Waals surface area (Å²) in [5.41, 5.74) is 1.22. The summed E-state index contributed by atoms with van der Waals surface area (Å²) < 4.78 is 0. The van der Waals surface area contributed by atoms with Gasteiger partial charge in [-0.3, -0.25) is 10.2 Å². The summed E-state index contributed by atoms with van der Waals surface area (Å²) in [7, 11) is 0.